The lowest BCUT2D eigenvalue weighted by molar-refractivity contribution is 0.480. The van der Waals surface area contributed by atoms with E-state index in [1.807, 2.05) is 20.8 Å². The van der Waals surface area contributed by atoms with Gasteiger partial charge in [-0.25, -0.2) is 0 Å². The average molecular weight is 397 g/mol. The van der Waals surface area contributed by atoms with Gasteiger partial charge in [-0.05, 0) is 65.5 Å². The molecule has 0 saturated carbocycles. The van der Waals surface area contributed by atoms with Crippen molar-refractivity contribution in [1.82, 2.24) is 0 Å². The maximum Gasteiger partial charge on any atom is -0.00297 e. The minimum atomic E-state index is 0.963. The monoisotopic (exact) mass is 396 g/mol. The van der Waals surface area contributed by atoms with E-state index in [4.69, 9.17) is 0 Å². The van der Waals surface area contributed by atoms with Crippen molar-refractivity contribution in [2.24, 2.45) is 5.92 Å². The summed E-state index contributed by atoms with van der Waals surface area (Å²) >= 11 is 0. The Morgan fingerprint density at radius 3 is 1.76 bits per heavy atom. The van der Waals surface area contributed by atoms with E-state index in [2.05, 4.69) is 91.3 Å². The third-order valence-corrected chi connectivity index (χ3v) is 4.51. The first kappa shape index (κ1) is 31.7. The maximum atomic E-state index is 4.60. The molecule has 1 rings (SSSR count). The molecule has 0 heteroatoms. The van der Waals surface area contributed by atoms with Crippen LogP contribution in [0.2, 0.25) is 0 Å². The summed E-state index contributed by atoms with van der Waals surface area (Å²) in [5, 5.41) is 0. The van der Waals surface area contributed by atoms with E-state index >= 15 is 0 Å². The molecular weight excluding hydrogens is 348 g/mol. The predicted molar refractivity (Wildman–Crippen MR) is 138 cm³/mol. The van der Waals surface area contributed by atoms with Gasteiger partial charge in [0, 0.05) is 0 Å². The van der Waals surface area contributed by atoms with Crippen molar-refractivity contribution >= 4 is 5.57 Å². The molecule has 1 aromatic rings. The Kier molecular flexibility index (Phi) is 22.6. The molecule has 0 heterocycles. The van der Waals surface area contributed by atoms with Crippen LogP contribution in [0.15, 0.2) is 48.6 Å². The van der Waals surface area contributed by atoms with Crippen molar-refractivity contribution in [3.05, 3.63) is 65.3 Å². The zero-order chi connectivity index (χ0) is 23.4. The van der Waals surface area contributed by atoms with Gasteiger partial charge in [-0.15, -0.1) is 12.3 Å². The lowest BCUT2D eigenvalue weighted by Crippen LogP contribution is -1.91. The number of hydrogen-bond acceptors (Lipinski definition) is 0. The minimum absolute atomic E-state index is 0.963. The number of aryl methyl sites for hydroxylation is 2. The van der Waals surface area contributed by atoms with Crippen LogP contribution in [0.4, 0.5) is 0 Å². The summed E-state index contributed by atoms with van der Waals surface area (Å²) in [4.78, 5) is 0. The van der Waals surface area contributed by atoms with Crippen molar-refractivity contribution in [2.75, 3.05) is 0 Å². The number of hydrogen-bond donors (Lipinski definition) is 0. The summed E-state index contributed by atoms with van der Waals surface area (Å²) in [7, 11) is 0. The number of rotatable bonds is 6. The largest absolute Gasteiger partial charge is 0.120 e. The molecule has 0 aliphatic heterocycles. The first-order valence-electron chi connectivity index (χ1n) is 10.9. The molecule has 0 saturated heterocycles. The maximum absolute atomic E-state index is 4.60. The molecule has 0 atom stereocenters. The first-order chi connectivity index (χ1) is 13.5. The SMILES string of the molecule is C#CC.C=C(C)/C(C)=C/C.C=C(C)c1ccc(C)cc1C.CCCC(C)CCC. The minimum Gasteiger partial charge on any atom is -0.120 e. The van der Waals surface area contributed by atoms with Gasteiger partial charge in [0.05, 0.1) is 0 Å². The third kappa shape index (κ3) is 20.5. The van der Waals surface area contributed by atoms with Gasteiger partial charge in [-0.1, -0.05) is 106 Å². The average Bonchev–Trinajstić information content (AvgIpc) is 2.62. The Bertz CT molecular complexity index is 628. The van der Waals surface area contributed by atoms with Crippen LogP contribution in [-0.4, -0.2) is 0 Å². The molecule has 0 aromatic heterocycles. The van der Waals surface area contributed by atoms with Gasteiger partial charge in [-0.2, -0.15) is 0 Å². The Hall–Kier alpha value is -2.00. The Balaban J connectivity index is -0.000000336. The van der Waals surface area contributed by atoms with Gasteiger partial charge in [-0.3, -0.25) is 0 Å². The fourth-order valence-electron chi connectivity index (χ4n) is 2.67. The van der Waals surface area contributed by atoms with Gasteiger partial charge >= 0.3 is 0 Å². The topological polar surface area (TPSA) is 0 Å². The smallest absolute Gasteiger partial charge is 0.00297 e. The van der Waals surface area contributed by atoms with Gasteiger partial charge < -0.3 is 0 Å². The molecule has 29 heavy (non-hydrogen) atoms. The van der Waals surface area contributed by atoms with Gasteiger partial charge in [0.1, 0.15) is 0 Å². The molecule has 0 aliphatic rings. The molecule has 0 nitrogen and oxygen atoms in total. The standard InChI is InChI=1S/C11H14.C8H18.C7H12.C3H4/c1-8(2)11-6-5-9(3)7-10(11)4;1-4-6-8(3)7-5-2;1-5-7(4)6(2)3;1-3-2/h5-7H,1H2,2-4H3;8H,4-7H2,1-3H3;5H,2H2,1,3-4H3;1H,2H3/b;;7-5+;. The van der Waals surface area contributed by atoms with E-state index in [-0.39, 0.29) is 0 Å². The van der Waals surface area contributed by atoms with E-state index in [0.29, 0.717) is 0 Å². The van der Waals surface area contributed by atoms with Crippen LogP contribution < -0.4 is 0 Å². The number of benzene rings is 1. The molecule has 0 amide bonds. The fraction of sp³-hybridized carbons (Fsp3) is 0.517. The Labute approximate surface area is 184 Å². The molecule has 0 aliphatic carbocycles. The van der Waals surface area contributed by atoms with Gasteiger partial charge in [0.15, 0.2) is 0 Å². The highest BCUT2D eigenvalue weighted by atomic mass is 14.0. The zero-order valence-corrected chi connectivity index (χ0v) is 21.2. The quantitative estimate of drug-likeness (QED) is 0.331. The van der Waals surface area contributed by atoms with E-state index in [0.717, 1.165) is 17.1 Å². The molecule has 0 spiro atoms. The summed E-state index contributed by atoms with van der Waals surface area (Å²) in [6.45, 7) is 28.5. The normalized spacial score (nSPS) is 9.66. The Morgan fingerprint density at radius 1 is 1.07 bits per heavy atom. The van der Waals surface area contributed by atoms with Crippen molar-refractivity contribution in [2.45, 2.75) is 94.9 Å². The summed E-state index contributed by atoms with van der Waals surface area (Å²) in [5.74, 6) is 3.21. The summed E-state index contributed by atoms with van der Waals surface area (Å²) in [6.07, 6.45) is 12.2. The van der Waals surface area contributed by atoms with Crippen LogP contribution in [0.25, 0.3) is 5.57 Å². The Morgan fingerprint density at radius 2 is 1.52 bits per heavy atom. The second-order valence-corrected chi connectivity index (χ2v) is 7.82. The second kappa shape index (κ2) is 20.7. The van der Waals surface area contributed by atoms with Crippen molar-refractivity contribution < 1.29 is 0 Å². The molecule has 1 aromatic carbocycles. The van der Waals surface area contributed by atoms with Crippen LogP contribution in [-0.2, 0) is 0 Å². The van der Waals surface area contributed by atoms with E-state index in [1.54, 1.807) is 6.92 Å². The van der Waals surface area contributed by atoms with E-state index in [1.165, 1.54) is 47.9 Å². The summed E-state index contributed by atoms with van der Waals surface area (Å²) < 4.78 is 0. The lowest BCUT2D eigenvalue weighted by atomic mass is 10.0. The van der Waals surface area contributed by atoms with Gasteiger partial charge in [0.2, 0.25) is 0 Å². The molecule has 0 bridgehead atoms. The summed E-state index contributed by atoms with van der Waals surface area (Å²) in [6, 6.07) is 6.44. The molecule has 0 fully saturated rings. The van der Waals surface area contributed by atoms with Gasteiger partial charge in [0.25, 0.3) is 0 Å². The zero-order valence-electron chi connectivity index (χ0n) is 21.2. The summed E-state index contributed by atoms with van der Waals surface area (Å²) in [5.41, 5.74) is 7.48. The van der Waals surface area contributed by atoms with Crippen LogP contribution in [0, 0.1) is 32.1 Å². The number of terminal acetylenes is 1. The van der Waals surface area contributed by atoms with Crippen LogP contribution in [0.5, 0.6) is 0 Å². The molecule has 164 valence electrons. The van der Waals surface area contributed by atoms with Crippen molar-refractivity contribution in [1.29, 1.82) is 0 Å². The molecule has 0 unspecified atom stereocenters. The third-order valence-electron chi connectivity index (χ3n) is 4.51. The second-order valence-electron chi connectivity index (χ2n) is 7.82. The van der Waals surface area contributed by atoms with Crippen molar-refractivity contribution in [3.63, 3.8) is 0 Å². The molecule has 0 N–H and O–H groups in total. The fourth-order valence-corrected chi connectivity index (χ4v) is 2.67. The number of allylic oxidation sites excluding steroid dienone is 4. The first-order valence-corrected chi connectivity index (χ1v) is 10.9. The lowest BCUT2D eigenvalue weighted by Gasteiger charge is -2.05. The van der Waals surface area contributed by atoms with Crippen LogP contribution >= 0.6 is 0 Å². The highest BCUT2D eigenvalue weighted by Gasteiger charge is 1.97. The van der Waals surface area contributed by atoms with Crippen LogP contribution in [0.1, 0.15) is 97.8 Å². The van der Waals surface area contributed by atoms with Crippen molar-refractivity contribution in [3.8, 4) is 12.3 Å². The van der Waals surface area contributed by atoms with Crippen LogP contribution in [0.3, 0.4) is 0 Å². The van der Waals surface area contributed by atoms with E-state index in [9.17, 15) is 0 Å². The van der Waals surface area contributed by atoms with E-state index < -0.39 is 0 Å². The molecular formula is C29H48. The predicted octanol–water partition coefficient (Wildman–Crippen LogP) is 9.73. The highest BCUT2D eigenvalue weighted by molar-refractivity contribution is 5.64. The highest BCUT2D eigenvalue weighted by Crippen LogP contribution is 2.17. The molecule has 0 radical (unpaired) electrons.